The predicted molar refractivity (Wildman–Crippen MR) is 151 cm³/mol. The molecule has 1 aromatic rings. The molecule has 4 aliphatic heterocycles. The summed E-state index contributed by atoms with van der Waals surface area (Å²) >= 11 is 6.29. The van der Waals surface area contributed by atoms with E-state index in [0.717, 1.165) is 57.3 Å². The van der Waals surface area contributed by atoms with Gasteiger partial charge in [0.1, 0.15) is 11.6 Å². The lowest BCUT2D eigenvalue weighted by atomic mass is 9.74. The van der Waals surface area contributed by atoms with E-state index in [0.29, 0.717) is 30.5 Å². The maximum atomic E-state index is 14.1. The Hall–Kier alpha value is -2.46. The van der Waals surface area contributed by atoms with Crippen molar-refractivity contribution in [1.82, 2.24) is 15.1 Å². The number of aryl methyl sites for hydroxylation is 1. The van der Waals surface area contributed by atoms with Crippen LogP contribution in [-0.2, 0) is 23.9 Å². The Bertz CT molecular complexity index is 1180. The number of hydrogen-bond acceptors (Lipinski definition) is 6. The van der Waals surface area contributed by atoms with E-state index in [9.17, 15) is 14.4 Å². The van der Waals surface area contributed by atoms with Crippen molar-refractivity contribution in [3.63, 3.8) is 0 Å². The molecular formula is C30H39ClN4O5. The molecule has 4 fully saturated rings. The fourth-order valence-electron chi connectivity index (χ4n) is 7.22. The number of benzene rings is 1. The van der Waals surface area contributed by atoms with Gasteiger partial charge in [-0.3, -0.25) is 19.3 Å². The number of nitrogens with one attached hydrogen (secondary N) is 2. The molecule has 1 aromatic carbocycles. The van der Waals surface area contributed by atoms with Crippen LogP contribution in [0.2, 0.25) is 5.02 Å². The van der Waals surface area contributed by atoms with Crippen molar-refractivity contribution in [2.24, 2.45) is 11.8 Å². The largest absolute Gasteiger partial charge is 0.379 e. The molecule has 10 heteroatoms. The van der Waals surface area contributed by atoms with Gasteiger partial charge in [-0.05, 0) is 43.9 Å². The summed E-state index contributed by atoms with van der Waals surface area (Å²) in [7, 11) is 0. The quantitative estimate of drug-likeness (QED) is 0.466. The van der Waals surface area contributed by atoms with E-state index in [1.54, 1.807) is 17.0 Å². The van der Waals surface area contributed by atoms with Crippen LogP contribution in [-0.4, -0.2) is 90.7 Å². The van der Waals surface area contributed by atoms with Crippen LogP contribution in [0.25, 0.3) is 0 Å². The fraction of sp³-hybridized carbons (Fsp3) is 0.633. The highest BCUT2D eigenvalue weighted by atomic mass is 35.5. The normalized spacial score (nSPS) is 31.9. The number of fused-ring (bicyclic) bond motifs is 1. The molecular weight excluding hydrogens is 532 g/mol. The number of hydrogen-bond donors (Lipinski definition) is 2. The Balaban J connectivity index is 1.24. The number of ether oxygens (including phenoxy) is 2. The van der Waals surface area contributed by atoms with Gasteiger partial charge in [-0.2, -0.15) is 0 Å². The first-order valence-corrected chi connectivity index (χ1v) is 15.1. The minimum atomic E-state index is -1.15. The lowest BCUT2D eigenvalue weighted by molar-refractivity contribution is -0.141. The third-order valence-corrected chi connectivity index (χ3v) is 9.70. The molecule has 3 saturated heterocycles. The van der Waals surface area contributed by atoms with E-state index in [-0.39, 0.29) is 23.8 Å². The number of halogens is 1. The summed E-state index contributed by atoms with van der Waals surface area (Å²) in [5.41, 5.74) is 0.336. The number of carbonyl (C=O) groups is 3. The lowest BCUT2D eigenvalue weighted by Gasteiger charge is -2.34. The van der Waals surface area contributed by atoms with E-state index in [4.69, 9.17) is 21.1 Å². The van der Waals surface area contributed by atoms with Crippen molar-refractivity contribution in [1.29, 1.82) is 0 Å². The maximum Gasteiger partial charge on any atom is 0.246 e. The Morgan fingerprint density at radius 1 is 1.10 bits per heavy atom. The molecule has 5 atom stereocenters. The summed E-state index contributed by atoms with van der Waals surface area (Å²) in [5.74, 6) is -2.14. The molecule has 0 unspecified atom stereocenters. The van der Waals surface area contributed by atoms with Crippen LogP contribution in [0.4, 0.5) is 5.69 Å². The van der Waals surface area contributed by atoms with E-state index in [1.807, 2.05) is 25.1 Å². The van der Waals surface area contributed by atoms with Gasteiger partial charge >= 0.3 is 0 Å². The van der Waals surface area contributed by atoms with Gasteiger partial charge in [0, 0.05) is 42.9 Å². The molecule has 40 heavy (non-hydrogen) atoms. The summed E-state index contributed by atoms with van der Waals surface area (Å²) in [5, 5.41) is 6.75. The minimum absolute atomic E-state index is 0.106. The zero-order valence-electron chi connectivity index (χ0n) is 23.1. The molecule has 1 aliphatic carbocycles. The van der Waals surface area contributed by atoms with Gasteiger partial charge < -0.3 is 25.0 Å². The van der Waals surface area contributed by atoms with Crippen LogP contribution in [0.5, 0.6) is 0 Å². The van der Waals surface area contributed by atoms with Gasteiger partial charge in [0.2, 0.25) is 17.7 Å². The number of nitrogens with zero attached hydrogens (tertiary/aromatic N) is 2. The number of rotatable bonds is 8. The number of likely N-dealkylation sites (tertiary alicyclic amines) is 1. The Morgan fingerprint density at radius 2 is 1.88 bits per heavy atom. The Morgan fingerprint density at radius 3 is 2.62 bits per heavy atom. The van der Waals surface area contributed by atoms with Crippen LogP contribution < -0.4 is 10.6 Å². The van der Waals surface area contributed by atoms with Gasteiger partial charge in [0.05, 0.1) is 31.2 Å². The third kappa shape index (κ3) is 5.06. The van der Waals surface area contributed by atoms with Crippen LogP contribution in [0.1, 0.15) is 44.1 Å². The first kappa shape index (κ1) is 27.7. The highest BCUT2D eigenvalue weighted by Crippen LogP contribution is 2.55. The third-order valence-electron chi connectivity index (χ3n) is 9.29. The summed E-state index contributed by atoms with van der Waals surface area (Å²) in [4.78, 5) is 45.7. The molecule has 5 aliphatic rings. The predicted octanol–water partition coefficient (Wildman–Crippen LogP) is 2.91. The molecule has 1 spiro atoms. The second-order valence-corrected chi connectivity index (χ2v) is 12.2. The average molecular weight is 571 g/mol. The summed E-state index contributed by atoms with van der Waals surface area (Å²) in [6.07, 6.45) is 9.17. The van der Waals surface area contributed by atoms with Crippen LogP contribution in [0.15, 0.2) is 30.4 Å². The smallest absolute Gasteiger partial charge is 0.246 e. The van der Waals surface area contributed by atoms with E-state index in [1.165, 1.54) is 6.42 Å². The maximum absolute atomic E-state index is 14.1. The Labute approximate surface area is 240 Å². The lowest BCUT2D eigenvalue weighted by Crippen LogP contribution is -2.56. The van der Waals surface area contributed by atoms with Gasteiger partial charge in [0.25, 0.3) is 0 Å². The van der Waals surface area contributed by atoms with Gasteiger partial charge in [-0.25, -0.2) is 0 Å². The molecule has 3 amide bonds. The van der Waals surface area contributed by atoms with Crippen molar-refractivity contribution in [2.75, 3.05) is 44.7 Å². The zero-order valence-corrected chi connectivity index (χ0v) is 23.8. The van der Waals surface area contributed by atoms with Crippen molar-refractivity contribution < 1.29 is 23.9 Å². The molecule has 1 saturated carbocycles. The monoisotopic (exact) mass is 570 g/mol. The second kappa shape index (κ2) is 11.4. The molecule has 0 radical (unpaired) electrons. The first-order chi connectivity index (χ1) is 19.4. The summed E-state index contributed by atoms with van der Waals surface area (Å²) in [6, 6.07) is 4.66. The van der Waals surface area contributed by atoms with E-state index < -0.39 is 29.6 Å². The van der Waals surface area contributed by atoms with Gasteiger partial charge in [0.15, 0.2) is 0 Å². The van der Waals surface area contributed by atoms with E-state index >= 15 is 0 Å². The molecule has 4 heterocycles. The van der Waals surface area contributed by atoms with Crippen LogP contribution in [0.3, 0.4) is 0 Å². The standard InChI is InChI=1S/C30H39ClN4O5/c1-19-8-9-21(18-22(19)31)33-27(36)24-23-10-11-30(40-23)25(24)29(38)35(13-5-12-34-14-16-39-17-15-34)26(30)28(37)32-20-6-3-2-4-7-20/h8-11,18,20,23-26H,2-7,12-17H2,1H3,(H,32,37)(H,33,36)/t23-,24-,25-,26-,30-/m0/s1. The summed E-state index contributed by atoms with van der Waals surface area (Å²) < 4.78 is 11.9. The average Bonchev–Trinajstić information content (AvgIpc) is 3.59. The molecule has 6 rings (SSSR count). The fourth-order valence-corrected chi connectivity index (χ4v) is 7.40. The van der Waals surface area contributed by atoms with Crippen molar-refractivity contribution in [3.05, 3.63) is 40.9 Å². The highest BCUT2D eigenvalue weighted by Gasteiger charge is 2.72. The van der Waals surface area contributed by atoms with Crippen molar-refractivity contribution >= 4 is 35.0 Å². The molecule has 0 aromatic heterocycles. The minimum Gasteiger partial charge on any atom is -0.379 e. The highest BCUT2D eigenvalue weighted by molar-refractivity contribution is 6.31. The molecule has 216 valence electrons. The number of carbonyl (C=O) groups excluding carboxylic acids is 3. The van der Waals surface area contributed by atoms with Gasteiger partial charge in [-0.15, -0.1) is 0 Å². The molecule has 9 nitrogen and oxygen atoms in total. The SMILES string of the molecule is Cc1ccc(NC(=O)[C@H]2[C@@H]3C=C[C@]4(O3)[C@@H]2C(=O)N(CCCN2CCOCC2)[C@H]4C(=O)NC2CCCCC2)cc1Cl. The van der Waals surface area contributed by atoms with Crippen LogP contribution >= 0.6 is 11.6 Å². The first-order valence-electron chi connectivity index (χ1n) is 14.7. The molecule has 2 bridgehead atoms. The number of amides is 3. The second-order valence-electron chi connectivity index (χ2n) is 11.8. The van der Waals surface area contributed by atoms with Crippen molar-refractivity contribution in [2.45, 2.75) is 69.2 Å². The molecule has 2 N–H and O–H groups in total. The topological polar surface area (TPSA) is 100 Å². The number of morpholine rings is 1. The zero-order chi connectivity index (χ0) is 27.9. The number of anilines is 1. The Kier molecular flexibility index (Phi) is 7.92. The van der Waals surface area contributed by atoms with Gasteiger partial charge in [-0.1, -0.05) is 49.1 Å². The van der Waals surface area contributed by atoms with Crippen molar-refractivity contribution in [3.8, 4) is 0 Å². The van der Waals surface area contributed by atoms with E-state index in [2.05, 4.69) is 15.5 Å². The van der Waals surface area contributed by atoms with Crippen LogP contribution in [0, 0.1) is 18.8 Å². The summed E-state index contributed by atoms with van der Waals surface area (Å²) in [6.45, 7) is 6.30.